The molecule has 32 heavy (non-hydrogen) atoms. The van der Waals surface area contributed by atoms with E-state index in [0.717, 1.165) is 23.8 Å². The van der Waals surface area contributed by atoms with Gasteiger partial charge in [-0.3, -0.25) is 19.2 Å². The second-order valence-electron chi connectivity index (χ2n) is 8.38. The van der Waals surface area contributed by atoms with Gasteiger partial charge >= 0.3 is 11.9 Å². The van der Waals surface area contributed by atoms with Crippen molar-refractivity contribution in [3.8, 4) is 11.5 Å². The van der Waals surface area contributed by atoms with E-state index in [1.807, 2.05) is 0 Å². The van der Waals surface area contributed by atoms with Crippen LogP contribution in [-0.4, -0.2) is 50.2 Å². The van der Waals surface area contributed by atoms with Crippen LogP contribution in [-0.2, 0) is 19.1 Å². The molecule has 0 amide bonds. The van der Waals surface area contributed by atoms with Gasteiger partial charge < -0.3 is 24.8 Å². The van der Waals surface area contributed by atoms with Gasteiger partial charge in [0.25, 0.3) is 0 Å². The molecule has 1 aromatic rings. The molecular weight excluding hydrogens is 420 g/mol. The van der Waals surface area contributed by atoms with Gasteiger partial charge in [-0.25, -0.2) is 0 Å². The molecule has 0 saturated heterocycles. The van der Waals surface area contributed by atoms with E-state index in [1.165, 1.54) is 26.8 Å². The molecular formula is C23H26O9. The Balaban J connectivity index is 2.48. The molecule has 0 unspecified atom stereocenters. The van der Waals surface area contributed by atoms with Crippen molar-refractivity contribution < 1.29 is 44.0 Å². The Morgan fingerprint density at radius 3 is 2.09 bits per heavy atom. The van der Waals surface area contributed by atoms with Gasteiger partial charge in [0, 0.05) is 13.3 Å². The van der Waals surface area contributed by atoms with Gasteiger partial charge in [-0.15, -0.1) is 0 Å². The minimum absolute atomic E-state index is 0.366. The van der Waals surface area contributed by atoms with Gasteiger partial charge in [0.1, 0.15) is 17.1 Å². The molecule has 1 atom stereocenters. The summed E-state index contributed by atoms with van der Waals surface area (Å²) in [7, 11) is 0. The third-order valence-electron chi connectivity index (χ3n) is 4.64. The Bertz CT molecular complexity index is 1040. The predicted molar refractivity (Wildman–Crippen MR) is 112 cm³/mol. The fraction of sp³-hybridized carbons (Fsp3) is 0.391. The maximum Gasteiger partial charge on any atom is 0.312 e. The number of aliphatic hydroxyl groups is 1. The predicted octanol–water partition coefficient (Wildman–Crippen LogP) is 2.72. The molecule has 172 valence electrons. The monoisotopic (exact) mass is 446 g/mol. The average molecular weight is 446 g/mol. The average Bonchev–Trinajstić information content (AvgIpc) is 2.63. The first-order chi connectivity index (χ1) is 14.7. The molecule has 0 saturated carbocycles. The number of benzene rings is 1. The Labute approximate surface area is 185 Å². The van der Waals surface area contributed by atoms with E-state index >= 15 is 0 Å². The van der Waals surface area contributed by atoms with E-state index < -0.39 is 69.5 Å². The summed E-state index contributed by atoms with van der Waals surface area (Å²) in [4.78, 5) is 49.5. The third kappa shape index (κ3) is 5.42. The van der Waals surface area contributed by atoms with Crippen molar-refractivity contribution in [2.45, 2.75) is 58.8 Å². The highest BCUT2D eigenvalue weighted by molar-refractivity contribution is 6.27. The van der Waals surface area contributed by atoms with E-state index in [-0.39, 0.29) is 6.42 Å². The maximum atomic E-state index is 13.1. The maximum absolute atomic E-state index is 13.1. The number of ether oxygens (including phenoxy) is 2. The Morgan fingerprint density at radius 2 is 1.56 bits per heavy atom. The van der Waals surface area contributed by atoms with Crippen LogP contribution in [0, 0.1) is 0 Å². The first kappa shape index (κ1) is 24.8. The molecule has 0 bridgehead atoms. The van der Waals surface area contributed by atoms with Crippen molar-refractivity contribution in [3.63, 3.8) is 0 Å². The van der Waals surface area contributed by atoms with Gasteiger partial charge in [-0.05, 0) is 45.9 Å². The summed E-state index contributed by atoms with van der Waals surface area (Å²) in [6, 6.07) is 2.09. The molecule has 0 spiro atoms. The quantitative estimate of drug-likeness (QED) is 0.249. The van der Waals surface area contributed by atoms with Crippen molar-refractivity contribution in [2.24, 2.45) is 0 Å². The Morgan fingerprint density at radius 1 is 1.00 bits per heavy atom. The third-order valence-corrected chi connectivity index (χ3v) is 4.64. The molecule has 9 heteroatoms. The van der Waals surface area contributed by atoms with Gasteiger partial charge in [0.05, 0.1) is 23.1 Å². The molecule has 9 nitrogen and oxygen atoms in total. The summed E-state index contributed by atoms with van der Waals surface area (Å²) in [6.07, 6.45) is 1.46. The molecule has 1 aliphatic carbocycles. The van der Waals surface area contributed by atoms with Crippen LogP contribution in [0.3, 0.4) is 0 Å². The van der Waals surface area contributed by atoms with Crippen LogP contribution in [0.25, 0.3) is 0 Å². The molecule has 0 aliphatic heterocycles. The number of fused-ring (bicyclic) bond motifs is 1. The number of carbonyl (C=O) groups excluding carboxylic acids is 4. The lowest BCUT2D eigenvalue weighted by atomic mass is 9.83. The van der Waals surface area contributed by atoms with Crippen molar-refractivity contribution >= 4 is 23.5 Å². The largest absolute Gasteiger partial charge is 0.507 e. The number of rotatable bonds is 7. The second-order valence-corrected chi connectivity index (χ2v) is 8.38. The van der Waals surface area contributed by atoms with Crippen LogP contribution in [0.4, 0.5) is 0 Å². The lowest BCUT2D eigenvalue weighted by Crippen LogP contribution is -2.43. The van der Waals surface area contributed by atoms with Crippen molar-refractivity contribution in [1.29, 1.82) is 0 Å². The van der Waals surface area contributed by atoms with E-state index in [1.54, 1.807) is 13.8 Å². The number of hydrogen-bond acceptors (Lipinski definition) is 9. The SMILES string of the molecule is CC(=O)OC(C)(C)CC(=O)O[C@@](O)(CC=C(C)C)C1=CC(=O)c2c(O)ccc(O)c2C1=O. The summed E-state index contributed by atoms with van der Waals surface area (Å²) < 4.78 is 10.3. The number of phenols is 2. The topological polar surface area (TPSA) is 147 Å². The number of allylic oxidation sites excluding steroid dienone is 2. The van der Waals surface area contributed by atoms with Crippen LogP contribution in [0.2, 0.25) is 0 Å². The molecule has 0 radical (unpaired) electrons. The van der Waals surface area contributed by atoms with Crippen molar-refractivity contribution in [3.05, 3.63) is 46.6 Å². The number of aromatic hydroxyl groups is 2. The molecule has 3 N–H and O–H groups in total. The highest BCUT2D eigenvalue weighted by Crippen LogP contribution is 2.39. The van der Waals surface area contributed by atoms with Crippen LogP contribution in [0.1, 0.15) is 68.2 Å². The smallest absolute Gasteiger partial charge is 0.312 e. The van der Waals surface area contributed by atoms with Crippen LogP contribution < -0.4 is 0 Å². The van der Waals surface area contributed by atoms with Crippen LogP contribution in [0.15, 0.2) is 35.4 Å². The highest BCUT2D eigenvalue weighted by atomic mass is 16.7. The van der Waals surface area contributed by atoms with Gasteiger partial charge in [-0.2, -0.15) is 0 Å². The zero-order chi connectivity index (χ0) is 24.4. The normalized spacial score (nSPS) is 15.2. The molecule has 0 aromatic heterocycles. The lowest BCUT2D eigenvalue weighted by molar-refractivity contribution is -0.196. The van der Waals surface area contributed by atoms with Crippen LogP contribution >= 0.6 is 0 Å². The molecule has 2 rings (SSSR count). The first-order valence-electron chi connectivity index (χ1n) is 9.80. The number of phenolic OH excluding ortho intramolecular Hbond substituents is 2. The van der Waals surface area contributed by atoms with Crippen molar-refractivity contribution in [2.75, 3.05) is 0 Å². The molecule has 0 heterocycles. The molecule has 1 aromatic carbocycles. The van der Waals surface area contributed by atoms with Gasteiger partial charge in [0.15, 0.2) is 11.6 Å². The summed E-state index contributed by atoms with van der Waals surface area (Å²) >= 11 is 0. The summed E-state index contributed by atoms with van der Waals surface area (Å²) in [5.41, 5.74) is -2.01. The molecule has 0 fully saturated rings. The Hall–Kier alpha value is -3.46. The summed E-state index contributed by atoms with van der Waals surface area (Å²) in [5.74, 6) is -7.09. The second kappa shape index (κ2) is 8.96. The van der Waals surface area contributed by atoms with Crippen LogP contribution in [0.5, 0.6) is 11.5 Å². The van der Waals surface area contributed by atoms with E-state index in [9.17, 15) is 34.5 Å². The van der Waals surface area contributed by atoms with E-state index in [4.69, 9.17) is 9.47 Å². The lowest BCUT2D eigenvalue weighted by Gasteiger charge is -2.32. The van der Waals surface area contributed by atoms with Gasteiger partial charge in [-0.1, -0.05) is 11.6 Å². The number of esters is 2. The highest BCUT2D eigenvalue weighted by Gasteiger charge is 2.45. The summed E-state index contributed by atoms with van der Waals surface area (Å²) in [6.45, 7) is 7.54. The minimum atomic E-state index is -2.55. The number of hydrogen-bond donors (Lipinski definition) is 3. The Kier molecular flexibility index (Phi) is 6.94. The number of ketones is 2. The minimum Gasteiger partial charge on any atom is -0.507 e. The zero-order valence-corrected chi connectivity index (χ0v) is 18.5. The number of carbonyl (C=O) groups is 4. The summed E-state index contributed by atoms with van der Waals surface area (Å²) in [5, 5.41) is 31.3. The first-order valence-corrected chi connectivity index (χ1v) is 9.80. The molecule has 1 aliphatic rings. The van der Waals surface area contributed by atoms with Gasteiger partial charge in [0.2, 0.25) is 5.79 Å². The fourth-order valence-electron chi connectivity index (χ4n) is 3.30. The van der Waals surface area contributed by atoms with E-state index in [0.29, 0.717) is 0 Å². The van der Waals surface area contributed by atoms with E-state index in [2.05, 4.69) is 0 Å². The zero-order valence-electron chi connectivity index (χ0n) is 18.5. The van der Waals surface area contributed by atoms with Crippen molar-refractivity contribution in [1.82, 2.24) is 0 Å². The number of Topliss-reactive ketones (excluding diaryl/α,β-unsaturated/α-hetero) is 1. The standard InChI is InChI=1S/C23H26O9/c1-12(2)8-9-23(30,32-18(28)11-22(4,5)31-13(3)24)14-10-17(27)19-15(25)6-7-16(26)20(19)21(14)29/h6-8,10,25-26,30H,9,11H2,1-5H3/t23-/m0/s1. The fourth-order valence-corrected chi connectivity index (χ4v) is 3.30.